The summed E-state index contributed by atoms with van der Waals surface area (Å²) in [6.45, 7) is 0.00720. The number of methoxy groups -OCH3 is 2. The average Bonchev–Trinajstić information content (AvgIpc) is 3.09. The fraction of sp³-hybridized carbons (Fsp3) is 0.235. The molecule has 26 heavy (non-hydrogen) atoms. The molecule has 0 atom stereocenters. The van der Waals surface area contributed by atoms with Crippen LogP contribution in [0.1, 0.15) is 15.2 Å². The van der Waals surface area contributed by atoms with Gasteiger partial charge in [0.1, 0.15) is 21.2 Å². The summed E-state index contributed by atoms with van der Waals surface area (Å²) >= 11 is 0.898. The second-order valence-corrected chi connectivity index (χ2v) is 6.62. The highest BCUT2D eigenvalue weighted by atomic mass is 32.1. The van der Waals surface area contributed by atoms with E-state index in [-0.39, 0.29) is 16.8 Å². The Morgan fingerprint density at radius 3 is 2.27 bits per heavy atom. The number of carboxylic acids is 1. The van der Waals surface area contributed by atoms with Crippen molar-refractivity contribution in [2.75, 3.05) is 14.2 Å². The molecule has 0 amide bonds. The number of ether oxygens (including phenoxy) is 2. The number of aryl methyl sites for hydroxylation is 1. The standard InChI is InChI=1S/C17H16N2O6S/c1-18-15-12(7-13(26-15)16(21)22)14(20)19(17(18)23)8-9-4-10(24-2)6-11(5-9)25-3/h4-7H,8H2,1-3H3,(H,21,22). The van der Waals surface area contributed by atoms with Crippen LogP contribution in [0.2, 0.25) is 0 Å². The zero-order chi connectivity index (χ0) is 19.0. The molecule has 8 nitrogen and oxygen atoms in total. The lowest BCUT2D eigenvalue weighted by Crippen LogP contribution is -2.38. The number of fused-ring (bicyclic) bond motifs is 1. The number of aromatic nitrogens is 2. The number of thiophene rings is 1. The third kappa shape index (κ3) is 2.97. The number of hydrogen-bond donors (Lipinski definition) is 1. The average molecular weight is 376 g/mol. The van der Waals surface area contributed by atoms with Crippen LogP contribution in [0.25, 0.3) is 10.2 Å². The third-order valence-corrected chi connectivity index (χ3v) is 5.17. The normalized spacial score (nSPS) is 10.9. The lowest BCUT2D eigenvalue weighted by atomic mass is 10.2. The van der Waals surface area contributed by atoms with Gasteiger partial charge in [-0.15, -0.1) is 11.3 Å². The molecule has 0 saturated carbocycles. The number of aromatic carboxylic acids is 1. The highest BCUT2D eigenvalue weighted by Crippen LogP contribution is 2.24. The van der Waals surface area contributed by atoms with Crippen LogP contribution in [0.15, 0.2) is 33.9 Å². The molecule has 9 heteroatoms. The maximum Gasteiger partial charge on any atom is 0.345 e. The van der Waals surface area contributed by atoms with Crippen LogP contribution in [-0.4, -0.2) is 34.4 Å². The van der Waals surface area contributed by atoms with E-state index in [0.29, 0.717) is 21.9 Å². The predicted octanol–water partition coefficient (Wildman–Crippen LogP) is 1.53. The van der Waals surface area contributed by atoms with Crippen LogP contribution in [0.5, 0.6) is 11.5 Å². The summed E-state index contributed by atoms with van der Waals surface area (Å²) in [5.41, 5.74) is -0.412. The van der Waals surface area contributed by atoms with Gasteiger partial charge in [0.15, 0.2) is 0 Å². The molecule has 3 rings (SSSR count). The number of carboxylic acid groups (broad SMARTS) is 1. The highest BCUT2D eigenvalue weighted by Gasteiger charge is 2.17. The quantitative estimate of drug-likeness (QED) is 0.725. The van der Waals surface area contributed by atoms with Crippen molar-refractivity contribution in [1.82, 2.24) is 9.13 Å². The molecule has 0 fully saturated rings. The van der Waals surface area contributed by atoms with Gasteiger partial charge < -0.3 is 14.6 Å². The van der Waals surface area contributed by atoms with E-state index in [1.807, 2.05) is 0 Å². The molecule has 3 aromatic rings. The van der Waals surface area contributed by atoms with Crippen molar-refractivity contribution in [2.45, 2.75) is 6.54 Å². The molecular formula is C17H16N2O6S. The molecule has 1 aromatic carbocycles. The molecule has 0 saturated heterocycles. The van der Waals surface area contributed by atoms with Crippen LogP contribution < -0.4 is 20.7 Å². The minimum absolute atomic E-state index is 0.00720. The lowest BCUT2D eigenvalue weighted by Gasteiger charge is -2.11. The zero-order valence-corrected chi connectivity index (χ0v) is 15.1. The Bertz CT molecular complexity index is 1100. The van der Waals surface area contributed by atoms with Crippen LogP contribution >= 0.6 is 11.3 Å². The zero-order valence-electron chi connectivity index (χ0n) is 14.3. The second-order valence-electron chi connectivity index (χ2n) is 5.59. The predicted molar refractivity (Wildman–Crippen MR) is 96.9 cm³/mol. The first-order chi connectivity index (χ1) is 12.3. The van der Waals surface area contributed by atoms with E-state index in [1.54, 1.807) is 18.2 Å². The Labute approximate surface area is 151 Å². The van der Waals surface area contributed by atoms with Crippen LogP contribution in [-0.2, 0) is 13.6 Å². The Kier molecular flexibility index (Phi) is 4.56. The molecule has 0 aliphatic rings. The fourth-order valence-electron chi connectivity index (χ4n) is 2.67. The smallest absolute Gasteiger partial charge is 0.345 e. The van der Waals surface area contributed by atoms with E-state index in [4.69, 9.17) is 14.6 Å². The number of rotatable bonds is 5. The summed E-state index contributed by atoms with van der Waals surface area (Å²) in [7, 11) is 4.53. The Balaban J connectivity index is 2.18. The molecule has 0 bridgehead atoms. The van der Waals surface area contributed by atoms with Crippen LogP contribution in [0.3, 0.4) is 0 Å². The lowest BCUT2D eigenvalue weighted by molar-refractivity contribution is 0.0702. The number of benzene rings is 1. The van der Waals surface area contributed by atoms with Crippen molar-refractivity contribution in [1.29, 1.82) is 0 Å². The van der Waals surface area contributed by atoms with Crippen LogP contribution in [0.4, 0.5) is 0 Å². The van der Waals surface area contributed by atoms with Gasteiger partial charge in [0.05, 0.1) is 26.2 Å². The highest BCUT2D eigenvalue weighted by molar-refractivity contribution is 7.20. The van der Waals surface area contributed by atoms with Gasteiger partial charge in [-0.1, -0.05) is 0 Å². The van der Waals surface area contributed by atoms with Crippen molar-refractivity contribution in [3.63, 3.8) is 0 Å². The van der Waals surface area contributed by atoms with Gasteiger partial charge in [0.2, 0.25) is 0 Å². The van der Waals surface area contributed by atoms with E-state index in [2.05, 4.69) is 0 Å². The molecule has 0 aliphatic carbocycles. The number of nitrogens with zero attached hydrogens (tertiary/aromatic N) is 2. The first kappa shape index (κ1) is 17.7. The summed E-state index contributed by atoms with van der Waals surface area (Å²) in [6.07, 6.45) is 0. The molecule has 0 unspecified atom stereocenters. The van der Waals surface area contributed by atoms with Gasteiger partial charge in [-0.2, -0.15) is 0 Å². The molecular weight excluding hydrogens is 360 g/mol. The third-order valence-electron chi connectivity index (χ3n) is 3.97. The molecule has 0 aliphatic heterocycles. The Hall–Kier alpha value is -3.07. The van der Waals surface area contributed by atoms with Crippen LogP contribution in [0, 0.1) is 0 Å². The summed E-state index contributed by atoms with van der Waals surface area (Å²) in [5, 5.41) is 9.34. The van der Waals surface area contributed by atoms with Gasteiger partial charge in [0, 0.05) is 13.1 Å². The van der Waals surface area contributed by atoms with Crippen molar-refractivity contribution in [2.24, 2.45) is 7.05 Å². The summed E-state index contributed by atoms with van der Waals surface area (Å²) in [4.78, 5) is 36.9. The molecule has 1 N–H and O–H groups in total. The van der Waals surface area contributed by atoms with Gasteiger partial charge in [-0.25, -0.2) is 9.59 Å². The molecule has 0 radical (unpaired) electrons. The van der Waals surface area contributed by atoms with E-state index >= 15 is 0 Å². The van der Waals surface area contributed by atoms with E-state index in [1.165, 1.54) is 31.9 Å². The van der Waals surface area contributed by atoms with Crippen molar-refractivity contribution >= 4 is 27.5 Å². The van der Waals surface area contributed by atoms with Gasteiger partial charge in [0.25, 0.3) is 5.56 Å². The Morgan fingerprint density at radius 2 is 1.73 bits per heavy atom. The first-order valence-corrected chi connectivity index (χ1v) is 8.36. The minimum atomic E-state index is -1.14. The topological polar surface area (TPSA) is 99.8 Å². The molecule has 2 aromatic heterocycles. The minimum Gasteiger partial charge on any atom is -0.497 e. The largest absolute Gasteiger partial charge is 0.497 e. The Morgan fingerprint density at radius 1 is 1.12 bits per heavy atom. The maximum absolute atomic E-state index is 12.8. The SMILES string of the molecule is COc1cc(Cn2c(=O)c3cc(C(=O)O)sc3n(C)c2=O)cc(OC)c1. The van der Waals surface area contributed by atoms with Crippen molar-refractivity contribution in [3.8, 4) is 11.5 Å². The molecule has 2 heterocycles. The summed E-state index contributed by atoms with van der Waals surface area (Å²) in [6, 6.07) is 6.39. The monoisotopic (exact) mass is 376 g/mol. The molecule has 0 spiro atoms. The van der Waals surface area contributed by atoms with Crippen molar-refractivity contribution < 1.29 is 19.4 Å². The van der Waals surface area contributed by atoms with Gasteiger partial charge in [-0.3, -0.25) is 13.9 Å². The molecule has 136 valence electrons. The number of carbonyl (C=O) groups is 1. The fourth-order valence-corrected chi connectivity index (χ4v) is 3.61. The van der Waals surface area contributed by atoms with Gasteiger partial charge in [-0.05, 0) is 23.8 Å². The maximum atomic E-state index is 12.8. The van der Waals surface area contributed by atoms with E-state index < -0.39 is 17.2 Å². The second kappa shape index (κ2) is 6.68. The van der Waals surface area contributed by atoms with E-state index in [9.17, 15) is 14.4 Å². The summed E-state index contributed by atoms with van der Waals surface area (Å²) < 4.78 is 12.8. The first-order valence-electron chi connectivity index (χ1n) is 7.54. The van der Waals surface area contributed by atoms with Gasteiger partial charge >= 0.3 is 11.7 Å². The summed E-state index contributed by atoms with van der Waals surface area (Å²) in [5.74, 6) is -0.0647. The van der Waals surface area contributed by atoms with Crippen molar-refractivity contribution in [3.05, 3.63) is 55.5 Å². The van der Waals surface area contributed by atoms with E-state index in [0.717, 1.165) is 15.9 Å². The number of hydrogen-bond acceptors (Lipinski definition) is 6.